The molecule has 0 amide bonds. The van der Waals surface area contributed by atoms with Crippen LogP contribution in [0.3, 0.4) is 0 Å². The van der Waals surface area contributed by atoms with E-state index < -0.39 is 5.97 Å². The van der Waals surface area contributed by atoms with Crippen LogP contribution in [0.1, 0.15) is 42.8 Å². The second-order valence-electron chi connectivity index (χ2n) is 8.46. The summed E-state index contributed by atoms with van der Waals surface area (Å²) in [6.07, 6.45) is 2.02. The molecule has 0 fully saturated rings. The van der Waals surface area contributed by atoms with E-state index in [-0.39, 0.29) is 5.92 Å². The topological polar surface area (TPSA) is 64.4 Å². The van der Waals surface area contributed by atoms with Gasteiger partial charge in [-0.15, -0.1) is 0 Å². The van der Waals surface area contributed by atoms with Crippen LogP contribution in [0.2, 0.25) is 0 Å². The monoisotopic (exact) mass is 520 g/mol. The van der Waals surface area contributed by atoms with E-state index in [2.05, 4.69) is 45.6 Å². The lowest BCUT2D eigenvalue weighted by atomic mass is 9.96. The smallest absolute Gasteiger partial charge is 0.306 e. The van der Waals surface area contributed by atoms with Gasteiger partial charge in [0.2, 0.25) is 0 Å². The summed E-state index contributed by atoms with van der Waals surface area (Å²) in [4.78, 5) is 16.1. The fourth-order valence-electron chi connectivity index (χ4n) is 4.17. The quantitative estimate of drug-likeness (QED) is 0.254. The zero-order chi connectivity index (χ0) is 24.1. The van der Waals surface area contributed by atoms with Crippen LogP contribution >= 0.6 is 15.9 Å². The number of imidazole rings is 1. The Kier molecular flexibility index (Phi) is 7.68. The van der Waals surface area contributed by atoms with Gasteiger partial charge in [-0.3, -0.25) is 4.79 Å². The van der Waals surface area contributed by atoms with Gasteiger partial charge in [-0.2, -0.15) is 0 Å². The molecule has 0 aliphatic rings. The van der Waals surface area contributed by atoms with E-state index in [0.717, 1.165) is 50.2 Å². The molecule has 0 aliphatic carbocycles. The number of carboxylic acids is 1. The molecular weight excluding hydrogens is 492 g/mol. The number of nitrogens with zero attached hydrogens (tertiary/aromatic N) is 2. The summed E-state index contributed by atoms with van der Waals surface area (Å²) in [7, 11) is 0. The molecule has 1 atom stereocenters. The number of halogens is 1. The zero-order valence-corrected chi connectivity index (χ0v) is 21.1. The van der Waals surface area contributed by atoms with Crippen molar-refractivity contribution in [1.82, 2.24) is 9.55 Å². The first-order chi connectivity index (χ1) is 16.5. The Morgan fingerprint density at radius 3 is 2.50 bits per heavy atom. The van der Waals surface area contributed by atoms with Gasteiger partial charge in [-0.1, -0.05) is 72.2 Å². The van der Waals surface area contributed by atoms with Gasteiger partial charge >= 0.3 is 5.97 Å². The van der Waals surface area contributed by atoms with Gasteiger partial charge in [0.15, 0.2) is 0 Å². The second-order valence-corrected chi connectivity index (χ2v) is 9.38. The third kappa shape index (κ3) is 5.50. The maximum atomic E-state index is 11.3. The van der Waals surface area contributed by atoms with Gasteiger partial charge < -0.3 is 14.4 Å². The highest BCUT2D eigenvalue weighted by Gasteiger charge is 2.16. The molecule has 0 saturated heterocycles. The molecule has 34 heavy (non-hydrogen) atoms. The molecule has 1 N–H and O–H groups in total. The summed E-state index contributed by atoms with van der Waals surface area (Å²) in [6, 6.07) is 22.4. The molecule has 3 aromatic carbocycles. The number of para-hydroxylation sites is 1. The van der Waals surface area contributed by atoms with Crippen molar-refractivity contribution >= 4 is 32.9 Å². The highest BCUT2D eigenvalue weighted by molar-refractivity contribution is 9.10. The maximum absolute atomic E-state index is 11.3. The molecule has 0 aliphatic heterocycles. The average molecular weight is 521 g/mol. The molecule has 176 valence electrons. The number of aliphatic carboxylic acids is 1. The summed E-state index contributed by atoms with van der Waals surface area (Å²) in [5.74, 6) is 0.813. The minimum absolute atomic E-state index is 0.345. The number of carbonyl (C=O) groups is 1. The molecule has 0 saturated carbocycles. The van der Waals surface area contributed by atoms with Crippen LogP contribution in [-0.2, 0) is 30.8 Å². The number of hydrogen-bond acceptors (Lipinski definition) is 3. The number of aryl methyl sites for hydroxylation is 1. The van der Waals surface area contributed by atoms with E-state index in [1.54, 1.807) is 0 Å². The number of carboxylic acid groups (broad SMARTS) is 1. The summed E-state index contributed by atoms with van der Waals surface area (Å²) >= 11 is 3.54. The van der Waals surface area contributed by atoms with E-state index in [1.165, 1.54) is 0 Å². The van der Waals surface area contributed by atoms with Gasteiger partial charge in [-0.05, 0) is 48.2 Å². The fourth-order valence-corrected chi connectivity index (χ4v) is 4.52. The first kappa shape index (κ1) is 24.0. The summed E-state index contributed by atoms with van der Waals surface area (Å²) in [5, 5.41) is 9.29. The average Bonchev–Trinajstić information content (AvgIpc) is 3.18. The van der Waals surface area contributed by atoms with E-state index in [4.69, 9.17) is 9.72 Å². The Morgan fingerprint density at radius 2 is 1.79 bits per heavy atom. The number of aromatic nitrogens is 2. The Labute approximate surface area is 208 Å². The van der Waals surface area contributed by atoms with Gasteiger partial charge in [0.1, 0.15) is 18.2 Å². The van der Waals surface area contributed by atoms with Crippen molar-refractivity contribution in [1.29, 1.82) is 0 Å². The lowest BCUT2D eigenvalue weighted by Crippen LogP contribution is -2.15. The molecule has 0 radical (unpaired) electrons. The Balaban J connectivity index is 1.49. The predicted molar refractivity (Wildman–Crippen MR) is 138 cm³/mol. The van der Waals surface area contributed by atoms with Crippen LogP contribution < -0.4 is 4.74 Å². The van der Waals surface area contributed by atoms with Crippen molar-refractivity contribution in [2.24, 2.45) is 5.92 Å². The van der Waals surface area contributed by atoms with Gasteiger partial charge in [0.05, 0.1) is 23.5 Å². The van der Waals surface area contributed by atoms with Crippen molar-refractivity contribution in [2.45, 2.75) is 46.3 Å². The molecule has 0 spiro atoms. The van der Waals surface area contributed by atoms with E-state index in [1.807, 2.05) is 55.5 Å². The van der Waals surface area contributed by atoms with Gasteiger partial charge in [-0.25, -0.2) is 4.98 Å². The standard InChI is InChI=1S/C28H29BrN2O3/c1-3-21(28(32)33)15-19-9-11-20(12-10-19)18-34-26-8-6-5-7-22(26)17-31-25-14-13-23(29)16-24(25)30-27(31)4-2/h5-14,16,21H,3-4,15,17-18H2,1-2H3,(H,32,33). The lowest BCUT2D eigenvalue weighted by Gasteiger charge is -2.14. The molecule has 1 unspecified atom stereocenters. The molecule has 4 aromatic rings. The number of fused-ring (bicyclic) bond motifs is 1. The van der Waals surface area contributed by atoms with Crippen molar-refractivity contribution in [3.8, 4) is 5.75 Å². The highest BCUT2D eigenvalue weighted by Crippen LogP contribution is 2.26. The lowest BCUT2D eigenvalue weighted by molar-refractivity contribution is -0.141. The normalized spacial score (nSPS) is 12.1. The van der Waals surface area contributed by atoms with Crippen LogP contribution in [0.5, 0.6) is 5.75 Å². The summed E-state index contributed by atoms with van der Waals surface area (Å²) in [5.41, 5.74) is 5.27. The highest BCUT2D eigenvalue weighted by atomic mass is 79.9. The van der Waals surface area contributed by atoms with Crippen molar-refractivity contribution < 1.29 is 14.6 Å². The van der Waals surface area contributed by atoms with E-state index in [9.17, 15) is 9.90 Å². The third-order valence-corrected chi connectivity index (χ3v) is 6.64. The molecule has 1 aromatic heterocycles. The van der Waals surface area contributed by atoms with Crippen LogP contribution in [0.25, 0.3) is 11.0 Å². The van der Waals surface area contributed by atoms with Crippen LogP contribution in [0.15, 0.2) is 71.2 Å². The maximum Gasteiger partial charge on any atom is 0.306 e. The zero-order valence-electron chi connectivity index (χ0n) is 19.5. The van der Waals surface area contributed by atoms with Crippen LogP contribution in [0.4, 0.5) is 0 Å². The number of benzene rings is 3. The molecule has 4 rings (SSSR count). The second kappa shape index (κ2) is 10.9. The number of hydrogen-bond donors (Lipinski definition) is 1. The van der Waals surface area contributed by atoms with Crippen molar-refractivity contribution in [3.63, 3.8) is 0 Å². The SMILES string of the molecule is CCc1nc2cc(Br)ccc2n1Cc1ccccc1OCc1ccc(CC(CC)C(=O)O)cc1. The van der Waals surface area contributed by atoms with Crippen molar-refractivity contribution in [3.05, 3.63) is 93.7 Å². The van der Waals surface area contributed by atoms with Crippen LogP contribution in [-0.4, -0.2) is 20.6 Å². The summed E-state index contributed by atoms with van der Waals surface area (Å²) < 4.78 is 9.50. The third-order valence-electron chi connectivity index (χ3n) is 6.15. The van der Waals surface area contributed by atoms with Gasteiger partial charge in [0.25, 0.3) is 0 Å². The predicted octanol–water partition coefficient (Wildman–Crippen LogP) is 6.64. The largest absolute Gasteiger partial charge is 0.489 e. The number of rotatable bonds is 10. The molecule has 1 heterocycles. The van der Waals surface area contributed by atoms with Gasteiger partial charge in [0, 0.05) is 16.5 Å². The van der Waals surface area contributed by atoms with E-state index in [0.29, 0.717) is 26.0 Å². The Morgan fingerprint density at radius 1 is 1.06 bits per heavy atom. The minimum atomic E-state index is -0.740. The summed E-state index contributed by atoms with van der Waals surface area (Å²) in [6.45, 7) is 5.17. The van der Waals surface area contributed by atoms with E-state index >= 15 is 0 Å². The fraction of sp³-hybridized carbons (Fsp3) is 0.286. The Hall–Kier alpha value is -3.12. The molecule has 0 bridgehead atoms. The minimum Gasteiger partial charge on any atom is -0.489 e. The first-order valence-electron chi connectivity index (χ1n) is 11.6. The molecule has 5 nitrogen and oxygen atoms in total. The van der Waals surface area contributed by atoms with Crippen LogP contribution in [0, 0.1) is 5.92 Å². The Bertz CT molecular complexity index is 1280. The molecular formula is C28H29BrN2O3. The van der Waals surface area contributed by atoms with Crippen molar-refractivity contribution in [2.75, 3.05) is 0 Å². The number of ether oxygens (including phenoxy) is 1. The molecule has 6 heteroatoms. The first-order valence-corrected chi connectivity index (χ1v) is 12.4.